The van der Waals surface area contributed by atoms with Crippen LogP contribution in [0.25, 0.3) is 0 Å². The van der Waals surface area contributed by atoms with E-state index in [0.717, 1.165) is 22.4 Å². The summed E-state index contributed by atoms with van der Waals surface area (Å²) in [6, 6.07) is 7.61. The summed E-state index contributed by atoms with van der Waals surface area (Å²) in [5.74, 6) is -0.801. The summed E-state index contributed by atoms with van der Waals surface area (Å²) in [5.41, 5.74) is 3.69. The van der Waals surface area contributed by atoms with E-state index >= 15 is 0 Å². The number of nitrogens with one attached hydrogen (secondary N) is 1. The number of carbonyl (C=O) groups is 2. The van der Waals surface area contributed by atoms with E-state index in [1.807, 2.05) is 50.4 Å². The number of anilines is 1. The Morgan fingerprint density at radius 3 is 2.45 bits per heavy atom. The van der Waals surface area contributed by atoms with E-state index in [4.69, 9.17) is 4.74 Å². The van der Waals surface area contributed by atoms with Crippen LogP contribution < -0.4 is 5.32 Å². The molecular formula is C17H19NO3S. The number of carbonyl (C=O) groups excluding carboxylic acids is 2. The van der Waals surface area contributed by atoms with Gasteiger partial charge in [-0.1, -0.05) is 17.7 Å². The molecule has 2 rings (SSSR count). The number of ether oxygens (including phenoxy) is 1. The minimum atomic E-state index is -0.852. The van der Waals surface area contributed by atoms with Gasteiger partial charge in [0.15, 0.2) is 6.10 Å². The van der Waals surface area contributed by atoms with E-state index in [0.29, 0.717) is 4.88 Å². The zero-order valence-electron chi connectivity index (χ0n) is 13.1. The second-order valence-corrected chi connectivity index (χ2v) is 6.20. The molecule has 1 unspecified atom stereocenters. The van der Waals surface area contributed by atoms with Crippen molar-refractivity contribution in [1.29, 1.82) is 0 Å². The summed E-state index contributed by atoms with van der Waals surface area (Å²) in [6.45, 7) is 7.33. The van der Waals surface area contributed by atoms with Crippen LogP contribution in [0.5, 0.6) is 0 Å². The molecule has 1 amide bonds. The van der Waals surface area contributed by atoms with Crippen LogP contribution in [0.1, 0.15) is 33.3 Å². The van der Waals surface area contributed by atoms with Gasteiger partial charge < -0.3 is 10.1 Å². The van der Waals surface area contributed by atoms with Crippen LogP contribution in [0.3, 0.4) is 0 Å². The van der Waals surface area contributed by atoms with E-state index in [9.17, 15) is 9.59 Å². The van der Waals surface area contributed by atoms with Gasteiger partial charge in [0.2, 0.25) is 0 Å². The molecule has 1 aromatic carbocycles. The molecule has 1 heterocycles. The largest absolute Gasteiger partial charge is 0.448 e. The van der Waals surface area contributed by atoms with Crippen LogP contribution in [0, 0.1) is 20.8 Å². The average molecular weight is 317 g/mol. The molecular weight excluding hydrogens is 298 g/mol. The molecule has 0 fully saturated rings. The summed E-state index contributed by atoms with van der Waals surface area (Å²) in [7, 11) is 0. The Balaban J connectivity index is 2.00. The van der Waals surface area contributed by atoms with Crippen molar-refractivity contribution in [3.63, 3.8) is 0 Å². The molecule has 0 radical (unpaired) electrons. The Labute approximate surface area is 134 Å². The van der Waals surface area contributed by atoms with Gasteiger partial charge in [-0.2, -0.15) is 0 Å². The Morgan fingerprint density at radius 2 is 1.86 bits per heavy atom. The lowest BCUT2D eigenvalue weighted by atomic mass is 10.1. The number of esters is 1. The van der Waals surface area contributed by atoms with Gasteiger partial charge in [0, 0.05) is 5.69 Å². The van der Waals surface area contributed by atoms with Crippen molar-refractivity contribution in [2.45, 2.75) is 33.8 Å². The van der Waals surface area contributed by atoms with Crippen molar-refractivity contribution in [3.8, 4) is 0 Å². The number of benzene rings is 1. The quantitative estimate of drug-likeness (QED) is 0.871. The number of rotatable bonds is 4. The molecule has 0 aliphatic heterocycles. The predicted molar refractivity (Wildman–Crippen MR) is 88.5 cm³/mol. The SMILES string of the molecule is Cc1ccc(NC(=O)C(C)OC(=O)c2sccc2C)c(C)c1. The fraction of sp³-hybridized carbons (Fsp3) is 0.294. The molecule has 4 nitrogen and oxygen atoms in total. The number of thiophene rings is 1. The fourth-order valence-corrected chi connectivity index (χ4v) is 2.84. The van der Waals surface area contributed by atoms with E-state index < -0.39 is 12.1 Å². The highest BCUT2D eigenvalue weighted by molar-refractivity contribution is 7.12. The lowest BCUT2D eigenvalue weighted by Crippen LogP contribution is -2.30. The van der Waals surface area contributed by atoms with Crippen LogP contribution in [0.4, 0.5) is 5.69 Å². The second-order valence-electron chi connectivity index (χ2n) is 5.29. The van der Waals surface area contributed by atoms with Gasteiger partial charge >= 0.3 is 5.97 Å². The molecule has 1 aromatic heterocycles. The van der Waals surface area contributed by atoms with Crippen LogP contribution in [-0.4, -0.2) is 18.0 Å². The third-order valence-corrected chi connectivity index (χ3v) is 4.34. The molecule has 0 saturated carbocycles. The molecule has 1 N–H and O–H groups in total. The maximum absolute atomic E-state index is 12.2. The predicted octanol–water partition coefficient (Wildman–Crippen LogP) is 3.86. The molecule has 1 atom stereocenters. The Kier molecular flexibility index (Phi) is 4.98. The maximum Gasteiger partial charge on any atom is 0.349 e. The highest BCUT2D eigenvalue weighted by atomic mass is 32.1. The third kappa shape index (κ3) is 3.74. The van der Waals surface area contributed by atoms with E-state index in [1.54, 1.807) is 6.92 Å². The van der Waals surface area contributed by atoms with Gasteiger partial charge in [0.1, 0.15) is 4.88 Å². The van der Waals surface area contributed by atoms with E-state index in [2.05, 4.69) is 5.32 Å². The van der Waals surface area contributed by atoms with Crippen molar-refractivity contribution in [2.75, 3.05) is 5.32 Å². The fourth-order valence-electron chi connectivity index (χ4n) is 2.04. The van der Waals surface area contributed by atoms with Crippen LogP contribution in [0.15, 0.2) is 29.6 Å². The molecule has 22 heavy (non-hydrogen) atoms. The van der Waals surface area contributed by atoms with Gasteiger partial charge in [-0.3, -0.25) is 4.79 Å². The molecule has 5 heteroatoms. The normalized spacial score (nSPS) is 11.8. The summed E-state index contributed by atoms with van der Waals surface area (Å²) in [4.78, 5) is 24.7. The Bertz CT molecular complexity index is 706. The number of aryl methyl sites for hydroxylation is 3. The summed E-state index contributed by atoms with van der Waals surface area (Å²) >= 11 is 1.31. The van der Waals surface area contributed by atoms with Gasteiger partial charge in [0.25, 0.3) is 5.91 Å². The van der Waals surface area contributed by atoms with Crippen LogP contribution >= 0.6 is 11.3 Å². The van der Waals surface area contributed by atoms with Crippen molar-refractivity contribution >= 4 is 28.9 Å². The third-order valence-electron chi connectivity index (χ3n) is 3.34. The lowest BCUT2D eigenvalue weighted by Gasteiger charge is -2.14. The summed E-state index contributed by atoms with van der Waals surface area (Å²) < 4.78 is 5.23. The van der Waals surface area contributed by atoms with Crippen molar-refractivity contribution in [2.24, 2.45) is 0 Å². The Morgan fingerprint density at radius 1 is 1.14 bits per heavy atom. The van der Waals surface area contributed by atoms with E-state index in [-0.39, 0.29) is 5.91 Å². The van der Waals surface area contributed by atoms with Gasteiger partial charge in [-0.05, 0) is 56.3 Å². The number of amides is 1. The molecule has 0 aliphatic rings. The first-order valence-electron chi connectivity index (χ1n) is 7.01. The first kappa shape index (κ1) is 16.2. The van der Waals surface area contributed by atoms with Crippen molar-refractivity contribution in [1.82, 2.24) is 0 Å². The zero-order chi connectivity index (χ0) is 16.3. The van der Waals surface area contributed by atoms with Gasteiger partial charge in [-0.25, -0.2) is 4.79 Å². The minimum Gasteiger partial charge on any atom is -0.448 e. The highest BCUT2D eigenvalue weighted by Gasteiger charge is 2.21. The average Bonchev–Trinajstić information content (AvgIpc) is 2.88. The first-order chi connectivity index (χ1) is 10.4. The first-order valence-corrected chi connectivity index (χ1v) is 7.89. The standard InChI is InChI=1S/C17H19NO3S/c1-10-5-6-14(12(3)9-10)18-16(19)13(4)21-17(20)15-11(2)7-8-22-15/h5-9,13H,1-4H3,(H,18,19). The van der Waals surface area contributed by atoms with Crippen molar-refractivity contribution in [3.05, 3.63) is 51.2 Å². The minimum absolute atomic E-state index is 0.338. The van der Waals surface area contributed by atoms with Crippen LogP contribution in [0.2, 0.25) is 0 Å². The summed E-state index contributed by atoms with van der Waals surface area (Å²) in [6.07, 6.45) is -0.852. The smallest absolute Gasteiger partial charge is 0.349 e. The highest BCUT2D eigenvalue weighted by Crippen LogP contribution is 2.19. The lowest BCUT2D eigenvalue weighted by molar-refractivity contribution is -0.123. The Hall–Kier alpha value is -2.14. The maximum atomic E-state index is 12.2. The molecule has 0 aliphatic carbocycles. The van der Waals surface area contributed by atoms with Gasteiger partial charge in [0.05, 0.1) is 0 Å². The molecule has 0 spiro atoms. The monoisotopic (exact) mass is 317 g/mol. The topological polar surface area (TPSA) is 55.4 Å². The van der Waals surface area contributed by atoms with Crippen LogP contribution in [-0.2, 0) is 9.53 Å². The summed E-state index contributed by atoms with van der Waals surface area (Å²) in [5, 5.41) is 4.62. The molecule has 2 aromatic rings. The second kappa shape index (κ2) is 6.75. The van der Waals surface area contributed by atoms with E-state index in [1.165, 1.54) is 11.3 Å². The molecule has 116 valence electrons. The number of hydrogen-bond acceptors (Lipinski definition) is 4. The molecule has 0 saturated heterocycles. The van der Waals surface area contributed by atoms with Crippen molar-refractivity contribution < 1.29 is 14.3 Å². The van der Waals surface area contributed by atoms with Gasteiger partial charge in [-0.15, -0.1) is 11.3 Å². The number of hydrogen-bond donors (Lipinski definition) is 1. The zero-order valence-corrected chi connectivity index (χ0v) is 13.9. The molecule has 0 bridgehead atoms.